The molecule has 0 radical (unpaired) electrons. The third kappa shape index (κ3) is 4.39. The van der Waals surface area contributed by atoms with Gasteiger partial charge in [0.2, 0.25) is 0 Å². The van der Waals surface area contributed by atoms with Gasteiger partial charge in [-0.25, -0.2) is 0 Å². The number of benzene rings is 1. The van der Waals surface area contributed by atoms with Crippen LogP contribution in [0.5, 0.6) is 11.5 Å². The van der Waals surface area contributed by atoms with Crippen molar-refractivity contribution in [2.24, 2.45) is 0 Å². The van der Waals surface area contributed by atoms with Gasteiger partial charge in [-0.2, -0.15) is 0 Å². The van der Waals surface area contributed by atoms with E-state index in [4.69, 9.17) is 9.47 Å². The van der Waals surface area contributed by atoms with Crippen LogP contribution in [0.15, 0.2) is 18.2 Å². The van der Waals surface area contributed by atoms with E-state index in [-0.39, 0.29) is 0 Å². The van der Waals surface area contributed by atoms with E-state index in [1.54, 1.807) is 14.2 Å². The molecule has 4 heteroatoms. The van der Waals surface area contributed by atoms with Crippen molar-refractivity contribution in [3.8, 4) is 11.5 Å². The summed E-state index contributed by atoms with van der Waals surface area (Å²) in [4.78, 5) is 2.54. The highest BCUT2D eigenvalue weighted by atomic mass is 16.5. The molecule has 1 fully saturated rings. The number of nitrogens with zero attached hydrogens (tertiary/aromatic N) is 1. The standard InChI is InChI=1S/C16H26N2O2/c1-19-15-6-7-16(20-2)14(12-15)13-17-8-11-18-9-4-3-5-10-18/h6-7,12,17H,3-5,8-11,13H2,1-2H3. The molecule has 1 aromatic carbocycles. The minimum Gasteiger partial charge on any atom is -0.497 e. The Hall–Kier alpha value is -1.26. The van der Waals surface area contributed by atoms with Crippen LogP contribution in [0, 0.1) is 0 Å². The second kappa shape index (κ2) is 8.12. The number of ether oxygens (including phenoxy) is 2. The minimum atomic E-state index is 0.814. The van der Waals surface area contributed by atoms with Crippen LogP contribution >= 0.6 is 0 Å². The van der Waals surface area contributed by atoms with Gasteiger partial charge in [0.05, 0.1) is 14.2 Å². The van der Waals surface area contributed by atoms with Crippen molar-refractivity contribution in [1.29, 1.82) is 0 Å². The summed E-state index contributed by atoms with van der Waals surface area (Å²) in [5, 5.41) is 3.50. The maximum absolute atomic E-state index is 5.39. The number of methoxy groups -OCH3 is 2. The molecule has 2 rings (SSSR count). The highest BCUT2D eigenvalue weighted by molar-refractivity contribution is 5.40. The van der Waals surface area contributed by atoms with Crippen molar-refractivity contribution in [1.82, 2.24) is 10.2 Å². The van der Waals surface area contributed by atoms with E-state index in [1.165, 1.54) is 32.4 Å². The summed E-state index contributed by atoms with van der Waals surface area (Å²) in [7, 11) is 3.40. The fraction of sp³-hybridized carbons (Fsp3) is 0.625. The molecule has 112 valence electrons. The molecule has 1 saturated heterocycles. The second-order valence-electron chi connectivity index (χ2n) is 5.26. The van der Waals surface area contributed by atoms with Crippen LogP contribution in [-0.2, 0) is 6.54 Å². The molecule has 0 unspecified atom stereocenters. The van der Waals surface area contributed by atoms with Crippen LogP contribution in [0.1, 0.15) is 24.8 Å². The highest BCUT2D eigenvalue weighted by Gasteiger charge is 2.09. The lowest BCUT2D eigenvalue weighted by Crippen LogP contribution is -2.35. The molecule has 1 aromatic rings. The first-order chi connectivity index (χ1) is 9.83. The smallest absolute Gasteiger partial charge is 0.123 e. The zero-order valence-electron chi connectivity index (χ0n) is 12.7. The zero-order chi connectivity index (χ0) is 14.2. The molecule has 1 N–H and O–H groups in total. The van der Waals surface area contributed by atoms with Gasteiger partial charge in [0, 0.05) is 25.2 Å². The minimum absolute atomic E-state index is 0.814. The summed E-state index contributed by atoms with van der Waals surface area (Å²) >= 11 is 0. The van der Waals surface area contributed by atoms with Gasteiger partial charge in [-0.15, -0.1) is 0 Å². The van der Waals surface area contributed by atoms with Gasteiger partial charge in [-0.05, 0) is 44.1 Å². The van der Waals surface area contributed by atoms with Crippen molar-refractivity contribution in [3.05, 3.63) is 23.8 Å². The van der Waals surface area contributed by atoms with E-state index < -0.39 is 0 Å². The molecular weight excluding hydrogens is 252 g/mol. The Morgan fingerprint density at radius 1 is 1.10 bits per heavy atom. The Balaban J connectivity index is 1.77. The first kappa shape index (κ1) is 15.1. The van der Waals surface area contributed by atoms with E-state index in [0.29, 0.717) is 0 Å². The molecular formula is C16H26N2O2. The number of rotatable bonds is 7. The molecule has 0 amide bonds. The number of nitrogens with one attached hydrogen (secondary N) is 1. The third-order valence-corrected chi connectivity index (χ3v) is 3.86. The van der Waals surface area contributed by atoms with Gasteiger partial charge in [0.1, 0.15) is 11.5 Å². The van der Waals surface area contributed by atoms with Gasteiger partial charge in [-0.1, -0.05) is 6.42 Å². The van der Waals surface area contributed by atoms with Gasteiger partial charge < -0.3 is 19.7 Å². The summed E-state index contributed by atoms with van der Waals surface area (Å²) in [5.41, 5.74) is 1.14. The summed E-state index contributed by atoms with van der Waals surface area (Å²) in [5.74, 6) is 1.79. The van der Waals surface area contributed by atoms with Crippen LogP contribution in [0.2, 0.25) is 0 Å². The molecule has 0 aromatic heterocycles. The lowest BCUT2D eigenvalue weighted by Gasteiger charge is -2.26. The van der Waals surface area contributed by atoms with Crippen LogP contribution in [-0.4, -0.2) is 45.3 Å². The van der Waals surface area contributed by atoms with Crippen molar-refractivity contribution in [2.75, 3.05) is 40.4 Å². The summed E-state index contributed by atoms with van der Waals surface area (Å²) in [6.07, 6.45) is 4.10. The highest BCUT2D eigenvalue weighted by Crippen LogP contribution is 2.23. The summed E-state index contributed by atoms with van der Waals surface area (Å²) in [6.45, 7) is 5.47. The first-order valence-electron chi connectivity index (χ1n) is 7.47. The normalized spacial score (nSPS) is 16.1. The monoisotopic (exact) mass is 278 g/mol. The predicted molar refractivity (Wildman–Crippen MR) is 81.5 cm³/mol. The van der Waals surface area contributed by atoms with Gasteiger partial charge in [-0.3, -0.25) is 0 Å². The molecule has 0 aliphatic carbocycles. The van der Waals surface area contributed by atoms with Crippen molar-refractivity contribution in [2.45, 2.75) is 25.8 Å². The number of hydrogen-bond acceptors (Lipinski definition) is 4. The summed E-state index contributed by atoms with van der Waals surface area (Å²) < 4.78 is 10.7. The lowest BCUT2D eigenvalue weighted by molar-refractivity contribution is 0.229. The van der Waals surface area contributed by atoms with Crippen molar-refractivity contribution >= 4 is 0 Å². The summed E-state index contributed by atoms with van der Waals surface area (Å²) in [6, 6.07) is 5.92. The molecule has 0 bridgehead atoms. The van der Waals surface area contributed by atoms with Crippen molar-refractivity contribution < 1.29 is 9.47 Å². The molecule has 0 atom stereocenters. The average molecular weight is 278 g/mol. The van der Waals surface area contributed by atoms with E-state index >= 15 is 0 Å². The maximum Gasteiger partial charge on any atom is 0.123 e. The largest absolute Gasteiger partial charge is 0.497 e. The number of piperidine rings is 1. The molecule has 0 saturated carbocycles. The van der Waals surface area contributed by atoms with Crippen LogP contribution in [0.4, 0.5) is 0 Å². The Morgan fingerprint density at radius 2 is 1.90 bits per heavy atom. The van der Waals surface area contributed by atoms with E-state index in [9.17, 15) is 0 Å². The topological polar surface area (TPSA) is 33.7 Å². The Labute approximate surface area is 122 Å². The Bertz CT molecular complexity index is 403. The molecule has 1 aliphatic heterocycles. The fourth-order valence-corrected chi connectivity index (χ4v) is 2.66. The average Bonchev–Trinajstić information content (AvgIpc) is 2.52. The Kier molecular flexibility index (Phi) is 6.15. The van der Waals surface area contributed by atoms with Gasteiger partial charge in [0.25, 0.3) is 0 Å². The predicted octanol–water partition coefficient (Wildman–Crippen LogP) is 2.28. The number of likely N-dealkylation sites (tertiary alicyclic amines) is 1. The quantitative estimate of drug-likeness (QED) is 0.776. The van der Waals surface area contributed by atoms with Gasteiger partial charge in [0.15, 0.2) is 0 Å². The first-order valence-corrected chi connectivity index (χ1v) is 7.47. The molecule has 1 heterocycles. The van der Waals surface area contributed by atoms with Crippen LogP contribution in [0.25, 0.3) is 0 Å². The maximum atomic E-state index is 5.39. The van der Waals surface area contributed by atoms with Gasteiger partial charge >= 0.3 is 0 Å². The second-order valence-corrected chi connectivity index (χ2v) is 5.26. The van der Waals surface area contributed by atoms with Crippen molar-refractivity contribution in [3.63, 3.8) is 0 Å². The Morgan fingerprint density at radius 3 is 2.60 bits per heavy atom. The molecule has 0 spiro atoms. The molecule has 20 heavy (non-hydrogen) atoms. The fourth-order valence-electron chi connectivity index (χ4n) is 2.66. The van der Waals surface area contributed by atoms with E-state index in [2.05, 4.69) is 10.2 Å². The molecule has 4 nitrogen and oxygen atoms in total. The SMILES string of the molecule is COc1ccc(OC)c(CNCCN2CCCCC2)c1. The van der Waals surface area contributed by atoms with Crippen LogP contribution in [0.3, 0.4) is 0 Å². The van der Waals surface area contributed by atoms with E-state index in [1.807, 2.05) is 18.2 Å². The zero-order valence-corrected chi connectivity index (χ0v) is 12.7. The lowest BCUT2D eigenvalue weighted by atomic mass is 10.1. The third-order valence-electron chi connectivity index (χ3n) is 3.86. The number of hydrogen-bond donors (Lipinski definition) is 1. The van der Waals surface area contributed by atoms with E-state index in [0.717, 1.165) is 36.7 Å². The molecule has 1 aliphatic rings. The van der Waals surface area contributed by atoms with Crippen LogP contribution < -0.4 is 14.8 Å².